The normalized spacial score (nSPS) is 14.0. The molecule has 2 heterocycles. The third kappa shape index (κ3) is 6.64. The first-order valence-corrected chi connectivity index (χ1v) is 23.5. The topological polar surface area (TPSA) is 0 Å². The van der Waals surface area contributed by atoms with Crippen LogP contribution in [0.3, 0.4) is 0 Å². The number of allylic oxidation sites excluding steroid dienone is 1. The van der Waals surface area contributed by atoms with Crippen LogP contribution < -0.4 is 16.4 Å². The van der Waals surface area contributed by atoms with Gasteiger partial charge in [-0.25, -0.2) is 0 Å². The molecule has 0 unspecified atom stereocenters. The standard InChI is InChI=1S/C58H49BS2/c1-57(2,3)42-20-16-19-37(32-42)38-29-39(31-41(30-38)55-46-23-12-10-21-44(46)54(36-17-8-7-9-18-36)45-22-11-13-24-47(45)55)40-33-52-56-53(34-40)61-51-35-43(58(4,5)6)27-28-49(51)59(56)48-25-14-15-26-50(48)60-52/h7-12,14-23,25-35H,13,24H2,1-6H3. The summed E-state index contributed by atoms with van der Waals surface area (Å²) < 4.78 is 0. The summed E-state index contributed by atoms with van der Waals surface area (Å²) in [7, 11) is 0. The number of benzene rings is 8. The number of rotatable bonds is 4. The minimum Gasteiger partial charge on any atom is -0.0911 e. The van der Waals surface area contributed by atoms with Crippen LogP contribution in [0.5, 0.6) is 0 Å². The second-order valence-electron chi connectivity index (χ2n) is 19.2. The zero-order valence-electron chi connectivity index (χ0n) is 35.9. The zero-order chi connectivity index (χ0) is 41.6. The Morgan fingerprint density at radius 2 is 1.03 bits per heavy atom. The maximum atomic E-state index is 2.51. The van der Waals surface area contributed by atoms with Crippen molar-refractivity contribution >= 4 is 63.5 Å². The molecule has 0 atom stereocenters. The summed E-state index contributed by atoms with van der Waals surface area (Å²) in [6.07, 6.45) is 6.82. The number of hydrogen-bond donors (Lipinski definition) is 0. The van der Waals surface area contributed by atoms with Crippen LogP contribution in [0.2, 0.25) is 0 Å². The summed E-state index contributed by atoms with van der Waals surface area (Å²) in [5.41, 5.74) is 20.3. The van der Waals surface area contributed by atoms with E-state index in [1.54, 1.807) is 0 Å². The van der Waals surface area contributed by atoms with Gasteiger partial charge in [0.2, 0.25) is 6.71 Å². The molecule has 0 saturated heterocycles. The maximum Gasteiger partial charge on any atom is 0.247 e. The molecule has 0 spiro atoms. The number of fused-ring (bicyclic) bond motifs is 6. The highest BCUT2D eigenvalue weighted by Crippen LogP contribution is 2.48. The third-order valence-corrected chi connectivity index (χ3v) is 15.4. The Morgan fingerprint density at radius 3 is 1.79 bits per heavy atom. The zero-order valence-corrected chi connectivity index (χ0v) is 37.5. The van der Waals surface area contributed by atoms with E-state index in [1.807, 2.05) is 23.5 Å². The van der Waals surface area contributed by atoms with Crippen LogP contribution in [-0.4, -0.2) is 6.71 Å². The van der Waals surface area contributed by atoms with E-state index in [9.17, 15) is 0 Å². The molecule has 8 aromatic carbocycles. The molecule has 0 N–H and O–H groups in total. The molecular formula is C58H49BS2. The molecule has 8 aromatic rings. The molecule has 0 radical (unpaired) electrons. The van der Waals surface area contributed by atoms with Gasteiger partial charge < -0.3 is 0 Å². The molecule has 296 valence electrons. The monoisotopic (exact) mass is 820 g/mol. The van der Waals surface area contributed by atoms with Gasteiger partial charge in [-0.2, -0.15) is 0 Å². The van der Waals surface area contributed by atoms with E-state index < -0.39 is 0 Å². The van der Waals surface area contributed by atoms with Crippen LogP contribution in [0.1, 0.15) is 70.2 Å². The first-order valence-electron chi connectivity index (χ1n) is 21.8. The van der Waals surface area contributed by atoms with Crippen LogP contribution in [0.25, 0.3) is 61.4 Å². The van der Waals surface area contributed by atoms with Crippen molar-refractivity contribution in [1.82, 2.24) is 0 Å². The second-order valence-corrected chi connectivity index (χ2v) is 21.4. The lowest BCUT2D eigenvalue weighted by atomic mass is 9.36. The van der Waals surface area contributed by atoms with E-state index in [-0.39, 0.29) is 17.5 Å². The van der Waals surface area contributed by atoms with E-state index >= 15 is 0 Å². The molecule has 0 amide bonds. The van der Waals surface area contributed by atoms with Crippen LogP contribution >= 0.6 is 23.5 Å². The van der Waals surface area contributed by atoms with Crippen LogP contribution in [-0.2, 0) is 17.3 Å². The molecule has 11 rings (SSSR count). The van der Waals surface area contributed by atoms with Crippen molar-refractivity contribution in [2.75, 3.05) is 0 Å². The molecule has 2 aliphatic heterocycles. The summed E-state index contributed by atoms with van der Waals surface area (Å²) in [5, 5.41) is 2.62. The quantitative estimate of drug-likeness (QED) is 0.162. The largest absolute Gasteiger partial charge is 0.247 e. The lowest BCUT2D eigenvalue weighted by Gasteiger charge is -2.34. The summed E-state index contributed by atoms with van der Waals surface area (Å²) in [5.74, 6) is 0. The van der Waals surface area contributed by atoms with Crippen molar-refractivity contribution in [1.29, 1.82) is 0 Å². The molecule has 0 nitrogen and oxygen atoms in total. The van der Waals surface area contributed by atoms with Crippen LogP contribution in [0.4, 0.5) is 0 Å². The smallest absolute Gasteiger partial charge is 0.0911 e. The summed E-state index contributed by atoms with van der Waals surface area (Å²) in [4.78, 5) is 5.49. The van der Waals surface area contributed by atoms with Gasteiger partial charge in [-0.05, 0) is 149 Å². The van der Waals surface area contributed by atoms with Gasteiger partial charge in [-0.3, -0.25) is 0 Å². The van der Waals surface area contributed by atoms with Crippen LogP contribution in [0.15, 0.2) is 177 Å². The summed E-state index contributed by atoms with van der Waals surface area (Å²) in [6.45, 7) is 14.1. The highest BCUT2D eigenvalue weighted by atomic mass is 32.2. The van der Waals surface area contributed by atoms with E-state index in [0.717, 1.165) is 12.8 Å². The van der Waals surface area contributed by atoms with Crippen LogP contribution in [0, 0.1) is 0 Å². The average molecular weight is 821 g/mol. The minimum atomic E-state index is 0.0386. The van der Waals surface area contributed by atoms with Gasteiger partial charge in [0.05, 0.1) is 0 Å². The lowest BCUT2D eigenvalue weighted by Crippen LogP contribution is -2.58. The van der Waals surface area contributed by atoms with E-state index in [0.29, 0.717) is 0 Å². The fourth-order valence-electron chi connectivity index (χ4n) is 9.98. The summed E-state index contributed by atoms with van der Waals surface area (Å²) >= 11 is 3.91. The highest BCUT2D eigenvalue weighted by molar-refractivity contribution is 8.01. The van der Waals surface area contributed by atoms with Gasteiger partial charge in [-0.1, -0.05) is 197 Å². The molecule has 0 fully saturated rings. The summed E-state index contributed by atoms with van der Waals surface area (Å²) in [6, 6.07) is 58.2. The maximum absolute atomic E-state index is 2.51. The first kappa shape index (κ1) is 38.4. The second kappa shape index (κ2) is 14.6. The van der Waals surface area contributed by atoms with E-state index in [4.69, 9.17) is 0 Å². The Hall–Kier alpha value is -5.48. The molecule has 3 aliphatic rings. The van der Waals surface area contributed by atoms with E-state index in [2.05, 4.69) is 205 Å². The van der Waals surface area contributed by atoms with Crippen molar-refractivity contribution in [3.8, 4) is 44.5 Å². The molecule has 3 heteroatoms. The first-order chi connectivity index (χ1) is 29.5. The van der Waals surface area contributed by atoms with Gasteiger partial charge in [0.1, 0.15) is 0 Å². The fourth-order valence-corrected chi connectivity index (χ4v) is 12.5. The van der Waals surface area contributed by atoms with E-state index in [1.165, 1.54) is 114 Å². The minimum absolute atomic E-state index is 0.0386. The van der Waals surface area contributed by atoms with Crippen molar-refractivity contribution in [3.63, 3.8) is 0 Å². The Morgan fingerprint density at radius 1 is 0.443 bits per heavy atom. The van der Waals surface area contributed by atoms with Crippen molar-refractivity contribution < 1.29 is 0 Å². The molecule has 0 bridgehead atoms. The molecular weight excluding hydrogens is 772 g/mol. The van der Waals surface area contributed by atoms with Gasteiger partial charge >= 0.3 is 0 Å². The SMILES string of the molecule is CC(C)(C)c1cccc(-c2cc(-c3cc4c5c(c3)Sc3cc(C(C)(C)C)ccc3B5c3ccccc3S4)cc(-c3c4c(c(-c5ccccc5)c5ccccc35)C=CCC4)c2)c1. The van der Waals surface area contributed by atoms with Gasteiger partial charge in [-0.15, -0.1) is 0 Å². The Kier molecular flexibility index (Phi) is 9.19. The van der Waals surface area contributed by atoms with Gasteiger partial charge in [0.15, 0.2) is 0 Å². The molecule has 0 saturated carbocycles. The molecule has 61 heavy (non-hydrogen) atoms. The Labute approximate surface area is 370 Å². The molecule has 1 aliphatic carbocycles. The number of hydrogen-bond acceptors (Lipinski definition) is 2. The fraction of sp³-hybridized carbons (Fsp3) is 0.172. The predicted molar refractivity (Wildman–Crippen MR) is 266 cm³/mol. The Bertz CT molecular complexity index is 3100. The molecule has 0 aromatic heterocycles. The van der Waals surface area contributed by atoms with Crippen molar-refractivity contribution in [2.45, 2.75) is 84.8 Å². The highest BCUT2D eigenvalue weighted by Gasteiger charge is 2.39. The van der Waals surface area contributed by atoms with Crippen molar-refractivity contribution in [3.05, 3.63) is 180 Å². The third-order valence-electron chi connectivity index (χ3n) is 13.1. The Balaban J connectivity index is 1.17. The van der Waals surface area contributed by atoms with Crippen molar-refractivity contribution in [2.24, 2.45) is 0 Å². The lowest BCUT2D eigenvalue weighted by molar-refractivity contribution is 0.589. The average Bonchev–Trinajstić information content (AvgIpc) is 3.27. The predicted octanol–water partition coefficient (Wildman–Crippen LogP) is 14.5. The van der Waals surface area contributed by atoms with Gasteiger partial charge in [0, 0.05) is 19.6 Å². The van der Waals surface area contributed by atoms with Gasteiger partial charge in [0.25, 0.3) is 0 Å².